The summed E-state index contributed by atoms with van der Waals surface area (Å²) in [5.41, 5.74) is 0.789. The number of hydrogen-bond donors (Lipinski definition) is 2. The second-order valence-corrected chi connectivity index (χ2v) is 4.02. The summed E-state index contributed by atoms with van der Waals surface area (Å²) in [4.78, 5) is 11.2. The summed E-state index contributed by atoms with van der Waals surface area (Å²) in [6.45, 7) is 2.41. The minimum atomic E-state index is -0.152. The average molecular weight is 288 g/mol. The van der Waals surface area contributed by atoms with Crippen molar-refractivity contribution in [2.75, 3.05) is 13.2 Å². The number of aliphatic hydroxyl groups is 1. The van der Waals surface area contributed by atoms with E-state index >= 15 is 0 Å². The van der Waals surface area contributed by atoms with Crippen LogP contribution < -0.4 is 10.1 Å². The number of likely N-dealkylation sites (N-methyl/N-ethyl adjacent to an activating group) is 1. The van der Waals surface area contributed by atoms with Crippen LogP contribution in [-0.4, -0.2) is 24.2 Å². The van der Waals surface area contributed by atoms with E-state index < -0.39 is 0 Å². The van der Waals surface area contributed by atoms with E-state index in [0.717, 1.165) is 10.0 Å². The molecule has 1 rings (SSSR count). The van der Waals surface area contributed by atoms with Gasteiger partial charge in [0.05, 0.1) is 11.1 Å². The molecule has 0 aliphatic carbocycles. The lowest BCUT2D eigenvalue weighted by atomic mass is 10.2. The molecule has 0 aromatic heterocycles. The summed E-state index contributed by atoms with van der Waals surface area (Å²) in [6.07, 6.45) is 0. The van der Waals surface area contributed by atoms with Crippen LogP contribution in [0.4, 0.5) is 0 Å². The van der Waals surface area contributed by atoms with Crippen LogP contribution in [0.1, 0.15) is 12.5 Å². The molecular weight excluding hydrogens is 274 g/mol. The quantitative estimate of drug-likeness (QED) is 0.862. The first-order valence-corrected chi connectivity index (χ1v) is 5.75. The maximum atomic E-state index is 11.2. The van der Waals surface area contributed by atoms with Crippen molar-refractivity contribution in [1.82, 2.24) is 5.32 Å². The highest BCUT2D eigenvalue weighted by molar-refractivity contribution is 9.10. The fraction of sp³-hybridized carbons (Fsp3) is 0.364. The second kappa shape index (κ2) is 6.50. The molecule has 0 saturated carbocycles. The number of rotatable bonds is 5. The molecule has 0 fully saturated rings. The van der Waals surface area contributed by atoms with Gasteiger partial charge < -0.3 is 15.2 Å². The van der Waals surface area contributed by atoms with Gasteiger partial charge in [0.2, 0.25) is 0 Å². The van der Waals surface area contributed by atoms with E-state index in [2.05, 4.69) is 21.2 Å². The van der Waals surface area contributed by atoms with Crippen LogP contribution in [0.15, 0.2) is 22.7 Å². The highest BCUT2D eigenvalue weighted by Gasteiger charge is 2.05. The number of benzene rings is 1. The summed E-state index contributed by atoms with van der Waals surface area (Å²) in [7, 11) is 0. The number of ether oxygens (including phenoxy) is 1. The van der Waals surface area contributed by atoms with E-state index in [0.29, 0.717) is 12.3 Å². The zero-order chi connectivity index (χ0) is 12.0. The van der Waals surface area contributed by atoms with Gasteiger partial charge in [-0.15, -0.1) is 0 Å². The lowest BCUT2D eigenvalue weighted by Gasteiger charge is -2.08. The van der Waals surface area contributed by atoms with Crippen molar-refractivity contribution in [3.05, 3.63) is 28.2 Å². The Balaban J connectivity index is 2.57. The SMILES string of the molecule is CCNC(=O)COc1ccc(CO)cc1Br. The fourth-order valence-corrected chi connectivity index (χ4v) is 1.69. The molecular formula is C11H14BrNO3. The molecule has 4 nitrogen and oxygen atoms in total. The van der Waals surface area contributed by atoms with Gasteiger partial charge in [0, 0.05) is 6.54 Å². The van der Waals surface area contributed by atoms with Gasteiger partial charge in [-0.25, -0.2) is 0 Å². The van der Waals surface area contributed by atoms with E-state index in [9.17, 15) is 4.79 Å². The standard InChI is InChI=1S/C11H14BrNO3/c1-2-13-11(15)7-16-10-4-3-8(6-14)5-9(10)12/h3-5,14H,2,6-7H2,1H3,(H,13,15). The van der Waals surface area contributed by atoms with E-state index in [4.69, 9.17) is 9.84 Å². The van der Waals surface area contributed by atoms with Crippen LogP contribution in [0.2, 0.25) is 0 Å². The summed E-state index contributed by atoms with van der Waals surface area (Å²) in [5, 5.41) is 11.6. The van der Waals surface area contributed by atoms with Gasteiger partial charge in [-0.1, -0.05) is 6.07 Å². The summed E-state index contributed by atoms with van der Waals surface area (Å²) < 4.78 is 6.04. The molecule has 0 saturated heterocycles. The first kappa shape index (κ1) is 13.0. The molecule has 0 unspecified atom stereocenters. The van der Waals surface area contributed by atoms with Crippen molar-refractivity contribution in [2.45, 2.75) is 13.5 Å². The number of carbonyl (C=O) groups excluding carboxylic acids is 1. The second-order valence-electron chi connectivity index (χ2n) is 3.17. The number of aliphatic hydroxyl groups excluding tert-OH is 1. The Morgan fingerprint density at radius 3 is 2.88 bits per heavy atom. The molecule has 0 heterocycles. The van der Waals surface area contributed by atoms with E-state index in [-0.39, 0.29) is 19.1 Å². The number of carbonyl (C=O) groups is 1. The van der Waals surface area contributed by atoms with Gasteiger partial charge in [0.15, 0.2) is 6.61 Å². The third-order valence-corrected chi connectivity index (χ3v) is 2.53. The predicted octanol–water partition coefficient (Wildman–Crippen LogP) is 1.46. The normalized spacial score (nSPS) is 9.94. The molecule has 0 spiro atoms. The summed E-state index contributed by atoms with van der Waals surface area (Å²) in [5.74, 6) is 0.434. The van der Waals surface area contributed by atoms with E-state index in [1.165, 1.54) is 0 Å². The molecule has 0 atom stereocenters. The molecule has 5 heteroatoms. The maximum Gasteiger partial charge on any atom is 0.257 e. The molecule has 0 radical (unpaired) electrons. The Hall–Kier alpha value is -1.07. The molecule has 1 aromatic rings. The lowest BCUT2D eigenvalue weighted by Crippen LogP contribution is -2.28. The van der Waals surface area contributed by atoms with Gasteiger partial charge in [0.1, 0.15) is 5.75 Å². The number of halogens is 1. The largest absolute Gasteiger partial charge is 0.483 e. The molecule has 0 aliphatic heterocycles. The smallest absolute Gasteiger partial charge is 0.257 e. The van der Waals surface area contributed by atoms with Crippen LogP contribution in [0.5, 0.6) is 5.75 Å². The monoisotopic (exact) mass is 287 g/mol. The summed E-state index contributed by atoms with van der Waals surface area (Å²) >= 11 is 3.31. The third kappa shape index (κ3) is 3.83. The zero-order valence-electron chi connectivity index (χ0n) is 9.00. The van der Waals surface area contributed by atoms with Gasteiger partial charge in [-0.3, -0.25) is 4.79 Å². The van der Waals surface area contributed by atoms with Crippen molar-refractivity contribution in [1.29, 1.82) is 0 Å². The minimum absolute atomic E-state index is 0.00902. The fourth-order valence-electron chi connectivity index (χ4n) is 1.15. The third-order valence-electron chi connectivity index (χ3n) is 1.91. The van der Waals surface area contributed by atoms with Gasteiger partial charge in [0.25, 0.3) is 5.91 Å². The van der Waals surface area contributed by atoms with Crippen molar-refractivity contribution >= 4 is 21.8 Å². The molecule has 1 amide bonds. The minimum Gasteiger partial charge on any atom is -0.483 e. The number of nitrogens with one attached hydrogen (secondary N) is 1. The van der Waals surface area contributed by atoms with E-state index in [1.807, 2.05) is 6.92 Å². The molecule has 16 heavy (non-hydrogen) atoms. The van der Waals surface area contributed by atoms with E-state index in [1.54, 1.807) is 18.2 Å². The molecule has 88 valence electrons. The van der Waals surface area contributed by atoms with Crippen molar-refractivity contribution < 1.29 is 14.6 Å². The van der Waals surface area contributed by atoms with Crippen molar-refractivity contribution in [3.8, 4) is 5.75 Å². The molecule has 1 aromatic carbocycles. The van der Waals surface area contributed by atoms with Crippen LogP contribution in [0, 0.1) is 0 Å². The zero-order valence-corrected chi connectivity index (χ0v) is 10.6. The molecule has 0 aliphatic rings. The number of hydrogen-bond acceptors (Lipinski definition) is 3. The molecule has 2 N–H and O–H groups in total. The van der Waals surface area contributed by atoms with Crippen LogP contribution in [-0.2, 0) is 11.4 Å². The van der Waals surface area contributed by atoms with Gasteiger partial charge >= 0.3 is 0 Å². The van der Waals surface area contributed by atoms with Crippen molar-refractivity contribution in [2.24, 2.45) is 0 Å². The Morgan fingerprint density at radius 1 is 1.56 bits per heavy atom. The Kier molecular flexibility index (Phi) is 5.28. The Labute approximate surface area is 103 Å². The highest BCUT2D eigenvalue weighted by Crippen LogP contribution is 2.25. The number of amides is 1. The summed E-state index contributed by atoms with van der Waals surface area (Å²) in [6, 6.07) is 5.22. The Morgan fingerprint density at radius 2 is 2.31 bits per heavy atom. The Bertz CT molecular complexity index is 368. The highest BCUT2D eigenvalue weighted by atomic mass is 79.9. The van der Waals surface area contributed by atoms with Crippen LogP contribution in [0.3, 0.4) is 0 Å². The predicted molar refractivity (Wildman–Crippen MR) is 64.2 cm³/mol. The van der Waals surface area contributed by atoms with Gasteiger partial charge in [-0.05, 0) is 40.5 Å². The molecule has 0 bridgehead atoms. The van der Waals surface area contributed by atoms with Gasteiger partial charge in [-0.2, -0.15) is 0 Å². The topological polar surface area (TPSA) is 58.6 Å². The first-order valence-electron chi connectivity index (χ1n) is 4.96. The van der Waals surface area contributed by atoms with Crippen LogP contribution in [0.25, 0.3) is 0 Å². The average Bonchev–Trinajstić information content (AvgIpc) is 2.27. The lowest BCUT2D eigenvalue weighted by molar-refractivity contribution is -0.122. The van der Waals surface area contributed by atoms with Crippen LogP contribution >= 0.6 is 15.9 Å². The van der Waals surface area contributed by atoms with Crippen molar-refractivity contribution in [3.63, 3.8) is 0 Å². The maximum absolute atomic E-state index is 11.2. The first-order chi connectivity index (χ1) is 7.67.